The molecular formula is C26H29ClO7. The Kier molecular flexibility index (Phi) is 7.33. The van der Waals surface area contributed by atoms with Gasteiger partial charge in [0.25, 0.3) is 0 Å². The molecule has 2 aromatic rings. The zero-order valence-electron chi connectivity index (χ0n) is 19.7. The number of carbonyl (C=O) groups excluding carboxylic acids is 2. The number of esters is 2. The Balaban J connectivity index is 1.65. The Morgan fingerprint density at radius 3 is 2.32 bits per heavy atom. The fraction of sp³-hybridized carbons (Fsp3) is 0.462. The Morgan fingerprint density at radius 2 is 1.62 bits per heavy atom. The summed E-state index contributed by atoms with van der Waals surface area (Å²) in [6.07, 6.45) is -1.69. The van der Waals surface area contributed by atoms with Gasteiger partial charge in [-0.05, 0) is 48.2 Å². The van der Waals surface area contributed by atoms with Crippen LogP contribution in [-0.4, -0.2) is 43.5 Å². The van der Waals surface area contributed by atoms with Crippen molar-refractivity contribution in [3.8, 4) is 11.5 Å². The first-order valence-electron chi connectivity index (χ1n) is 11.4. The van der Waals surface area contributed by atoms with E-state index in [2.05, 4.69) is 0 Å². The largest absolute Gasteiger partial charge is 0.486 e. The van der Waals surface area contributed by atoms with E-state index >= 15 is 0 Å². The molecule has 0 N–H and O–H groups in total. The molecule has 0 unspecified atom stereocenters. The molecule has 7 nitrogen and oxygen atoms in total. The Labute approximate surface area is 204 Å². The Morgan fingerprint density at radius 1 is 0.941 bits per heavy atom. The number of halogens is 1. The molecule has 1 saturated heterocycles. The highest BCUT2D eigenvalue weighted by Gasteiger charge is 2.47. The van der Waals surface area contributed by atoms with Crippen molar-refractivity contribution in [1.29, 1.82) is 0 Å². The average Bonchev–Trinajstić information content (AvgIpc) is 2.79. The van der Waals surface area contributed by atoms with Gasteiger partial charge in [0.1, 0.15) is 25.4 Å². The molecule has 8 heteroatoms. The molecule has 0 aliphatic carbocycles. The van der Waals surface area contributed by atoms with Gasteiger partial charge in [-0.15, -0.1) is 0 Å². The van der Waals surface area contributed by atoms with Crippen molar-refractivity contribution in [2.24, 2.45) is 5.92 Å². The first-order chi connectivity index (χ1) is 16.2. The number of benzene rings is 2. The van der Waals surface area contributed by atoms with Gasteiger partial charge in [-0.1, -0.05) is 36.7 Å². The first-order valence-corrected chi connectivity index (χ1v) is 11.8. The summed E-state index contributed by atoms with van der Waals surface area (Å²) in [6, 6.07) is 11.4. The molecule has 2 aromatic carbocycles. The molecule has 182 valence electrons. The van der Waals surface area contributed by atoms with E-state index < -0.39 is 30.3 Å². The third kappa shape index (κ3) is 5.31. The third-order valence-electron chi connectivity index (χ3n) is 6.25. The van der Waals surface area contributed by atoms with E-state index in [1.165, 1.54) is 13.8 Å². The molecule has 0 bridgehead atoms. The summed E-state index contributed by atoms with van der Waals surface area (Å²) < 4.78 is 28.8. The van der Waals surface area contributed by atoms with Crippen molar-refractivity contribution < 1.29 is 33.3 Å². The highest BCUT2D eigenvalue weighted by Crippen LogP contribution is 2.40. The Hall–Kier alpha value is -2.77. The summed E-state index contributed by atoms with van der Waals surface area (Å²) in [5.74, 6) is 0.386. The summed E-state index contributed by atoms with van der Waals surface area (Å²) in [6.45, 7) is 7.57. The maximum Gasteiger partial charge on any atom is 0.303 e. The van der Waals surface area contributed by atoms with Crippen molar-refractivity contribution in [3.63, 3.8) is 0 Å². The zero-order valence-corrected chi connectivity index (χ0v) is 20.5. The molecule has 1 fully saturated rings. The van der Waals surface area contributed by atoms with Crippen molar-refractivity contribution in [1.82, 2.24) is 0 Å². The molecule has 2 aliphatic heterocycles. The van der Waals surface area contributed by atoms with Gasteiger partial charge in [0, 0.05) is 24.8 Å². The van der Waals surface area contributed by atoms with Crippen LogP contribution in [0.1, 0.15) is 50.5 Å². The quantitative estimate of drug-likeness (QED) is 0.566. The molecule has 34 heavy (non-hydrogen) atoms. The van der Waals surface area contributed by atoms with E-state index in [4.69, 9.17) is 35.3 Å². The van der Waals surface area contributed by atoms with Crippen LogP contribution in [0.5, 0.6) is 11.5 Å². The number of fused-ring (bicyclic) bond motifs is 1. The predicted octanol–water partition coefficient (Wildman–Crippen LogP) is 4.66. The fourth-order valence-corrected chi connectivity index (χ4v) is 4.64. The number of ether oxygens (including phenoxy) is 5. The summed E-state index contributed by atoms with van der Waals surface area (Å²) in [5.41, 5.74) is 2.69. The molecule has 4 rings (SSSR count). The van der Waals surface area contributed by atoms with E-state index in [0.29, 0.717) is 30.4 Å². The van der Waals surface area contributed by atoms with Crippen molar-refractivity contribution in [2.75, 3.05) is 13.2 Å². The number of hydrogen-bond donors (Lipinski definition) is 0. The van der Waals surface area contributed by atoms with Crippen molar-refractivity contribution in [2.45, 2.75) is 58.5 Å². The van der Waals surface area contributed by atoms with E-state index in [9.17, 15) is 9.59 Å². The average molecular weight is 489 g/mol. The monoisotopic (exact) mass is 488 g/mol. The standard InChI is InChI=1S/C26H29ClO7/c1-14-15(2)32-25(26(34-17(4)29)24(14)33-16(3)28)19-6-7-21(27)20(13-19)11-18-5-8-22-23(12-18)31-10-9-30-22/h5-8,12-15,24-26H,9-11H2,1-4H3/t14-,15-,24+,25+,26-/m1/s1. The van der Waals surface area contributed by atoms with Crippen LogP contribution in [0.3, 0.4) is 0 Å². The summed E-state index contributed by atoms with van der Waals surface area (Å²) in [4.78, 5) is 23.7. The minimum atomic E-state index is -0.782. The van der Waals surface area contributed by atoms with Gasteiger partial charge in [0.05, 0.1) is 6.10 Å². The lowest BCUT2D eigenvalue weighted by atomic mass is 9.85. The minimum Gasteiger partial charge on any atom is -0.486 e. The van der Waals surface area contributed by atoms with Gasteiger partial charge in [0.15, 0.2) is 17.6 Å². The maximum absolute atomic E-state index is 11.9. The van der Waals surface area contributed by atoms with Gasteiger partial charge < -0.3 is 23.7 Å². The van der Waals surface area contributed by atoms with E-state index in [1.54, 1.807) is 0 Å². The topological polar surface area (TPSA) is 80.3 Å². The SMILES string of the molecule is CC(=O)O[C@@H]1[C@@H](OC(C)=O)[C@H](C)[C@@H](C)O[C@H]1c1ccc(Cl)c(Cc2ccc3c(c2)OCCO3)c1. The van der Waals surface area contributed by atoms with E-state index in [-0.39, 0.29) is 12.0 Å². The summed E-state index contributed by atoms with van der Waals surface area (Å²) in [7, 11) is 0. The molecule has 5 atom stereocenters. The third-order valence-corrected chi connectivity index (χ3v) is 6.61. The molecule has 0 aromatic heterocycles. The van der Waals surface area contributed by atoms with Crippen LogP contribution >= 0.6 is 11.6 Å². The van der Waals surface area contributed by atoms with Crippen molar-refractivity contribution in [3.05, 3.63) is 58.1 Å². The highest BCUT2D eigenvalue weighted by atomic mass is 35.5. The smallest absolute Gasteiger partial charge is 0.303 e. The fourth-order valence-electron chi connectivity index (χ4n) is 4.45. The molecule has 0 radical (unpaired) electrons. The molecule has 2 heterocycles. The normalized spacial score (nSPS) is 26.0. The maximum atomic E-state index is 11.9. The second-order valence-corrected chi connectivity index (χ2v) is 9.18. The van der Waals surface area contributed by atoms with E-state index in [1.807, 2.05) is 50.2 Å². The van der Waals surface area contributed by atoms with Crippen LogP contribution < -0.4 is 9.47 Å². The minimum absolute atomic E-state index is 0.158. The van der Waals surface area contributed by atoms with Gasteiger partial charge in [-0.2, -0.15) is 0 Å². The molecule has 0 saturated carbocycles. The zero-order chi connectivity index (χ0) is 24.4. The van der Waals surface area contributed by atoms with Crippen LogP contribution in [0.4, 0.5) is 0 Å². The van der Waals surface area contributed by atoms with Gasteiger partial charge in [-0.3, -0.25) is 9.59 Å². The molecular weight excluding hydrogens is 460 g/mol. The summed E-state index contributed by atoms with van der Waals surface area (Å²) >= 11 is 6.55. The highest BCUT2D eigenvalue weighted by molar-refractivity contribution is 6.31. The van der Waals surface area contributed by atoms with Crippen LogP contribution in [-0.2, 0) is 30.2 Å². The molecule has 0 spiro atoms. The number of carbonyl (C=O) groups is 2. The number of hydrogen-bond acceptors (Lipinski definition) is 7. The first kappa shape index (κ1) is 24.4. The lowest BCUT2D eigenvalue weighted by Crippen LogP contribution is -2.52. The van der Waals surface area contributed by atoms with Crippen LogP contribution in [0.25, 0.3) is 0 Å². The second kappa shape index (κ2) is 10.2. The Bertz CT molecular complexity index is 1070. The summed E-state index contributed by atoms with van der Waals surface area (Å²) in [5, 5.41) is 0.608. The van der Waals surface area contributed by atoms with Crippen LogP contribution in [0.2, 0.25) is 5.02 Å². The number of rotatable bonds is 5. The molecule has 2 aliphatic rings. The lowest BCUT2D eigenvalue weighted by molar-refractivity contribution is -0.222. The predicted molar refractivity (Wildman–Crippen MR) is 125 cm³/mol. The second-order valence-electron chi connectivity index (χ2n) is 8.77. The lowest BCUT2D eigenvalue weighted by Gasteiger charge is -2.43. The van der Waals surface area contributed by atoms with Gasteiger partial charge in [0.2, 0.25) is 0 Å². The van der Waals surface area contributed by atoms with Crippen LogP contribution in [0.15, 0.2) is 36.4 Å². The van der Waals surface area contributed by atoms with Gasteiger partial charge >= 0.3 is 11.9 Å². The van der Waals surface area contributed by atoms with E-state index in [0.717, 1.165) is 22.4 Å². The van der Waals surface area contributed by atoms with Gasteiger partial charge in [-0.25, -0.2) is 0 Å². The van der Waals surface area contributed by atoms with Crippen LogP contribution in [0, 0.1) is 5.92 Å². The van der Waals surface area contributed by atoms with Crippen molar-refractivity contribution >= 4 is 23.5 Å². The molecule has 0 amide bonds.